The summed E-state index contributed by atoms with van der Waals surface area (Å²) in [4.78, 5) is 19.3. The summed E-state index contributed by atoms with van der Waals surface area (Å²) in [5.41, 5.74) is 11.2. The highest BCUT2D eigenvalue weighted by Gasteiger charge is 2.18. The second-order valence-electron chi connectivity index (χ2n) is 11.9. The first kappa shape index (κ1) is 28.5. The molecule has 5 nitrogen and oxygen atoms in total. The van der Waals surface area contributed by atoms with Gasteiger partial charge in [0.05, 0.1) is 0 Å². The lowest BCUT2D eigenvalue weighted by molar-refractivity contribution is 0.669. The molecule has 0 spiro atoms. The van der Waals surface area contributed by atoms with Crippen LogP contribution < -0.4 is 0 Å². The molecule has 5 heteroatoms. The summed E-state index contributed by atoms with van der Waals surface area (Å²) < 4.78 is 6.39. The van der Waals surface area contributed by atoms with Gasteiger partial charge in [0.25, 0.3) is 0 Å². The Hall–Kier alpha value is -6.72. The first-order valence-electron chi connectivity index (χ1n) is 16.2. The first-order valence-corrected chi connectivity index (χ1v) is 16.2. The summed E-state index contributed by atoms with van der Waals surface area (Å²) >= 11 is 0. The van der Waals surface area contributed by atoms with Gasteiger partial charge in [-0.15, -0.1) is 0 Å². The fourth-order valence-electron chi connectivity index (χ4n) is 6.38. The van der Waals surface area contributed by atoms with E-state index in [-0.39, 0.29) is 0 Å². The highest BCUT2D eigenvalue weighted by Crippen LogP contribution is 2.38. The molecule has 3 heterocycles. The van der Waals surface area contributed by atoms with Crippen LogP contribution in [0.4, 0.5) is 0 Å². The number of rotatable bonds is 6. The number of hydrogen-bond acceptors (Lipinski definition) is 5. The molecule has 0 aliphatic rings. The zero-order chi connectivity index (χ0) is 32.6. The predicted molar refractivity (Wildman–Crippen MR) is 198 cm³/mol. The molecule has 0 aliphatic heterocycles. The second kappa shape index (κ2) is 12.1. The Morgan fingerprint density at radius 3 is 1.49 bits per heavy atom. The van der Waals surface area contributed by atoms with Crippen molar-refractivity contribution in [2.24, 2.45) is 0 Å². The molecule has 0 radical (unpaired) electrons. The Morgan fingerprint density at radius 1 is 0.347 bits per heavy atom. The Kier molecular flexibility index (Phi) is 7.06. The van der Waals surface area contributed by atoms with Gasteiger partial charge in [0.15, 0.2) is 17.5 Å². The van der Waals surface area contributed by atoms with E-state index in [0.717, 1.165) is 72.0 Å². The largest absolute Gasteiger partial charge is 0.456 e. The SMILES string of the molecule is c1ccc(-c2ccc(-c3nc(-c4ccccc4)nc(-c4cccc5oc6ccc(-c7ccc(-c8ccncc8)cc7)cc6c45)n3)cc2)cc1. The standard InChI is InChI=1S/C44H28N4O/c1-3-8-29(9-4-1)30-18-20-35(21-19-30)43-46-42(34-10-5-2-6-11-34)47-44(48-43)37-12-7-13-40-41(37)38-28-36(22-23-39(38)49-40)32-16-14-31(15-17-32)33-24-26-45-27-25-33/h1-28H. The molecule has 0 amide bonds. The number of furan rings is 1. The third kappa shape index (κ3) is 5.43. The summed E-state index contributed by atoms with van der Waals surface area (Å²) in [5, 5.41) is 1.99. The van der Waals surface area contributed by atoms with Gasteiger partial charge in [-0.25, -0.2) is 15.0 Å². The molecular weight excluding hydrogens is 601 g/mol. The van der Waals surface area contributed by atoms with Crippen LogP contribution in [0.15, 0.2) is 175 Å². The molecule has 0 saturated carbocycles. The van der Waals surface area contributed by atoms with Crippen LogP contribution in [0.1, 0.15) is 0 Å². The number of nitrogens with zero attached hydrogens (tertiary/aromatic N) is 4. The topological polar surface area (TPSA) is 64.7 Å². The van der Waals surface area contributed by atoms with Crippen LogP contribution in [0.2, 0.25) is 0 Å². The van der Waals surface area contributed by atoms with Gasteiger partial charge in [-0.3, -0.25) is 4.98 Å². The molecule has 3 aromatic heterocycles. The third-order valence-electron chi connectivity index (χ3n) is 8.89. The van der Waals surface area contributed by atoms with Crippen LogP contribution in [-0.4, -0.2) is 19.9 Å². The smallest absolute Gasteiger partial charge is 0.164 e. The number of benzene rings is 6. The van der Waals surface area contributed by atoms with Crippen LogP contribution in [0.25, 0.3) is 89.5 Å². The maximum atomic E-state index is 6.39. The summed E-state index contributed by atoms with van der Waals surface area (Å²) in [7, 11) is 0. The van der Waals surface area contributed by atoms with Gasteiger partial charge in [0, 0.05) is 39.9 Å². The lowest BCUT2D eigenvalue weighted by Crippen LogP contribution is -2.00. The van der Waals surface area contributed by atoms with Crippen LogP contribution in [0.3, 0.4) is 0 Å². The fourth-order valence-corrected chi connectivity index (χ4v) is 6.38. The van der Waals surface area contributed by atoms with Gasteiger partial charge in [0.2, 0.25) is 0 Å². The Bertz CT molecular complexity index is 2560. The zero-order valence-corrected chi connectivity index (χ0v) is 26.4. The quantitative estimate of drug-likeness (QED) is 0.183. The van der Waals surface area contributed by atoms with E-state index in [0.29, 0.717) is 17.5 Å². The van der Waals surface area contributed by atoms with E-state index < -0.39 is 0 Å². The van der Waals surface area contributed by atoms with Gasteiger partial charge in [-0.2, -0.15) is 0 Å². The normalized spacial score (nSPS) is 11.3. The van der Waals surface area contributed by atoms with Crippen molar-refractivity contribution in [2.75, 3.05) is 0 Å². The summed E-state index contributed by atoms with van der Waals surface area (Å²) in [6, 6.07) is 53.9. The molecule has 9 aromatic rings. The van der Waals surface area contributed by atoms with Crippen molar-refractivity contribution in [1.82, 2.24) is 19.9 Å². The zero-order valence-electron chi connectivity index (χ0n) is 26.4. The molecule has 0 bridgehead atoms. The van der Waals surface area contributed by atoms with Crippen molar-refractivity contribution in [3.8, 4) is 67.5 Å². The van der Waals surface area contributed by atoms with Crippen molar-refractivity contribution in [1.29, 1.82) is 0 Å². The molecule has 0 N–H and O–H groups in total. The highest BCUT2D eigenvalue weighted by molar-refractivity contribution is 6.12. The fraction of sp³-hybridized carbons (Fsp3) is 0. The molecule has 0 unspecified atom stereocenters. The van der Waals surface area contributed by atoms with Crippen molar-refractivity contribution >= 4 is 21.9 Å². The number of fused-ring (bicyclic) bond motifs is 3. The van der Waals surface area contributed by atoms with E-state index >= 15 is 0 Å². The van der Waals surface area contributed by atoms with E-state index in [1.54, 1.807) is 0 Å². The Labute approximate surface area is 283 Å². The molecule has 0 saturated heterocycles. The molecule has 0 aliphatic carbocycles. The van der Waals surface area contributed by atoms with Gasteiger partial charge in [-0.05, 0) is 63.7 Å². The molecule has 0 atom stereocenters. The minimum absolute atomic E-state index is 0.594. The van der Waals surface area contributed by atoms with Gasteiger partial charge in [0.1, 0.15) is 11.2 Å². The van der Waals surface area contributed by atoms with Crippen molar-refractivity contribution < 1.29 is 4.42 Å². The van der Waals surface area contributed by atoms with Crippen LogP contribution in [0, 0.1) is 0 Å². The van der Waals surface area contributed by atoms with E-state index in [2.05, 4.69) is 96.0 Å². The summed E-state index contributed by atoms with van der Waals surface area (Å²) in [6.07, 6.45) is 3.64. The maximum Gasteiger partial charge on any atom is 0.164 e. The molecule has 49 heavy (non-hydrogen) atoms. The minimum Gasteiger partial charge on any atom is -0.456 e. The average molecular weight is 629 g/mol. The molecular formula is C44H28N4O. The predicted octanol–water partition coefficient (Wildman–Crippen LogP) is 11.2. The minimum atomic E-state index is 0.594. The summed E-state index contributed by atoms with van der Waals surface area (Å²) in [5.74, 6) is 1.83. The van der Waals surface area contributed by atoms with Gasteiger partial charge < -0.3 is 4.42 Å². The van der Waals surface area contributed by atoms with E-state index in [1.165, 1.54) is 0 Å². The van der Waals surface area contributed by atoms with Crippen LogP contribution in [-0.2, 0) is 0 Å². The summed E-state index contributed by atoms with van der Waals surface area (Å²) in [6.45, 7) is 0. The maximum absolute atomic E-state index is 6.39. The van der Waals surface area contributed by atoms with Gasteiger partial charge >= 0.3 is 0 Å². The number of pyridine rings is 1. The highest BCUT2D eigenvalue weighted by atomic mass is 16.3. The number of aromatic nitrogens is 4. The van der Waals surface area contributed by atoms with Crippen LogP contribution in [0.5, 0.6) is 0 Å². The van der Waals surface area contributed by atoms with E-state index in [4.69, 9.17) is 19.4 Å². The molecule has 9 rings (SSSR count). The van der Waals surface area contributed by atoms with E-state index in [9.17, 15) is 0 Å². The van der Waals surface area contributed by atoms with Crippen LogP contribution >= 0.6 is 0 Å². The average Bonchev–Trinajstić information content (AvgIpc) is 3.57. The monoisotopic (exact) mass is 628 g/mol. The second-order valence-corrected chi connectivity index (χ2v) is 11.9. The van der Waals surface area contributed by atoms with Gasteiger partial charge in [-0.1, -0.05) is 127 Å². The lowest BCUT2D eigenvalue weighted by Gasteiger charge is -2.10. The van der Waals surface area contributed by atoms with Crippen molar-refractivity contribution in [2.45, 2.75) is 0 Å². The van der Waals surface area contributed by atoms with E-state index in [1.807, 2.05) is 79.1 Å². The molecule has 0 fully saturated rings. The third-order valence-corrected chi connectivity index (χ3v) is 8.89. The number of hydrogen-bond donors (Lipinski definition) is 0. The van der Waals surface area contributed by atoms with Crippen molar-refractivity contribution in [3.05, 3.63) is 170 Å². The first-order chi connectivity index (χ1) is 24.3. The molecule has 6 aromatic carbocycles. The van der Waals surface area contributed by atoms with Crippen molar-refractivity contribution in [3.63, 3.8) is 0 Å². The Balaban J connectivity index is 1.17. The molecule has 230 valence electrons. The lowest BCUT2D eigenvalue weighted by atomic mass is 9.98. The Morgan fingerprint density at radius 2 is 0.837 bits per heavy atom.